The van der Waals surface area contributed by atoms with Gasteiger partial charge in [-0.25, -0.2) is 8.42 Å². The van der Waals surface area contributed by atoms with Crippen molar-refractivity contribution < 1.29 is 22.7 Å². The van der Waals surface area contributed by atoms with E-state index in [1.807, 2.05) is 4.90 Å². The number of piperazine rings is 1. The fourth-order valence-corrected chi connectivity index (χ4v) is 4.18. The van der Waals surface area contributed by atoms with Gasteiger partial charge in [-0.15, -0.1) is 0 Å². The van der Waals surface area contributed by atoms with E-state index in [1.54, 1.807) is 19.2 Å². The minimum Gasteiger partial charge on any atom is -0.486 e. The number of rotatable bonds is 4. The highest BCUT2D eigenvalue weighted by Gasteiger charge is 2.30. The summed E-state index contributed by atoms with van der Waals surface area (Å²) >= 11 is 0. The molecule has 2 aliphatic rings. The van der Waals surface area contributed by atoms with E-state index in [2.05, 4.69) is 5.32 Å². The number of nitrogens with one attached hydrogen (secondary N) is 1. The molecule has 1 saturated heterocycles. The molecule has 0 saturated carbocycles. The molecular formula is C15H21N3O5S. The van der Waals surface area contributed by atoms with E-state index in [0.29, 0.717) is 50.9 Å². The molecule has 0 radical (unpaired) electrons. The number of fused-ring (bicyclic) bond motifs is 1. The maximum absolute atomic E-state index is 12.8. The van der Waals surface area contributed by atoms with Crippen LogP contribution in [0.1, 0.15) is 0 Å². The highest BCUT2D eigenvalue weighted by Crippen LogP contribution is 2.33. The Hall–Kier alpha value is -1.84. The van der Waals surface area contributed by atoms with Gasteiger partial charge >= 0.3 is 0 Å². The van der Waals surface area contributed by atoms with E-state index in [4.69, 9.17) is 9.47 Å². The van der Waals surface area contributed by atoms with E-state index in [-0.39, 0.29) is 17.3 Å². The van der Waals surface area contributed by atoms with Crippen LogP contribution in [0.25, 0.3) is 0 Å². The molecule has 0 atom stereocenters. The number of ether oxygens (including phenoxy) is 2. The van der Waals surface area contributed by atoms with Crippen LogP contribution in [0.15, 0.2) is 23.1 Å². The standard InChI is InChI=1S/C15H21N3O5S/c1-16-15(19)11-17-4-6-18(7-5-17)24(20,21)12-2-3-13-14(10-12)23-9-8-22-13/h2-3,10H,4-9,11H2,1H3,(H,16,19). The van der Waals surface area contributed by atoms with Gasteiger partial charge in [0.2, 0.25) is 15.9 Å². The molecule has 0 aliphatic carbocycles. The molecule has 0 bridgehead atoms. The van der Waals surface area contributed by atoms with Crippen molar-refractivity contribution in [2.45, 2.75) is 4.90 Å². The van der Waals surface area contributed by atoms with Crippen LogP contribution in [0.4, 0.5) is 0 Å². The molecule has 132 valence electrons. The van der Waals surface area contributed by atoms with Crippen molar-refractivity contribution in [3.8, 4) is 11.5 Å². The zero-order chi connectivity index (χ0) is 17.2. The summed E-state index contributed by atoms with van der Waals surface area (Å²) in [6.45, 7) is 2.92. The zero-order valence-electron chi connectivity index (χ0n) is 13.5. The number of carbonyl (C=O) groups excluding carboxylic acids is 1. The minimum atomic E-state index is -3.58. The van der Waals surface area contributed by atoms with Crippen molar-refractivity contribution >= 4 is 15.9 Å². The molecule has 1 aromatic rings. The van der Waals surface area contributed by atoms with Gasteiger partial charge in [-0.3, -0.25) is 9.69 Å². The third-order valence-corrected chi connectivity index (χ3v) is 6.02. The Kier molecular flexibility index (Phi) is 4.93. The lowest BCUT2D eigenvalue weighted by Crippen LogP contribution is -2.50. The molecule has 8 nitrogen and oxygen atoms in total. The van der Waals surface area contributed by atoms with Crippen LogP contribution in [0.5, 0.6) is 11.5 Å². The van der Waals surface area contributed by atoms with E-state index in [1.165, 1.54) is 10.4 Å². The lowest BCUT2D eigenvalue weighted by Gasteiger charge is -2.33. The van der Waals surface area contributed by atoms with Crippen LogP contribution >= 0.6 is 0 Å². The second-order valence-corrected chi connectivity index (χ2v) is 7.60. The Bertz CT molecular complexity index is 714. The largest absolute Gasteiger partial charge is 0.486 e. The molecule has 0 unspecified atom stereocenters. The SMILES string of the molecule is CNC(=O)CN1CCN(S(=O)(=O)c2ccc3c(c2)OCCO3)CC1. The Balaban J connectivity index is 1.69. The predicted molar refractivity (Wildman–Crippen MR) is 86.7 cm³/mol. The maximum Gasteiger partial charge on any atom is 0.243 e. The normalized spacial score (nSPS) is 19.0. The molecule has 0 spiro atoms. The maximum atomic E-state index is 12.8. The number of hydrogen-bond acceptors (Lipinski definition) is 6. The number of carbonyl (C=O) groups is 1. The molecule has 2 aliphatic heterocycles. The van der Waals surface area contributed by atoms with E-state index in [0.717, 1.165) is 0 Å². The van der Waals surface area contributed by atoms with Crippen molar-refractivity contribution in [2.24, 2.45) is 0 Å². The van der Waals surface area contributed by atoms with Crippen molar-refractivity contribution in [3.63, 3.8) is 0 Å². The molecule has 1 amide bonds. The van der Waals surface area contributed by atoms with Crippen molar-refractivity contribution in [1.29, 1.82) is 0 Å². The van der Waals surface area contributed by atoms with Gasteiger partial charge in [0.1, 0.15) is 13.2 Å². The van der Waals surface area contributed by atoms with E-state index in [9.17, 15) is 13.2 Å². The van der Waals surface area contributed by atoms with Crippen LogP contribution in [-0.2, 0) is 14.8 Å². The fourth-order valence-electron chi connectivity index (χ4n) is 2.74. The number of benzene rings is 1. The highest BCUT2D eigenvalue weighted by molar-refractivity contribution is 7.89. The van der Waals surface area contributed by atoms with Gasteiger partial charge in [-0.2, -0.15) is 4.31 Å². The summed E-state index contributed by atoms with van der Waals surface area (Å²) < 4.78 is 37.9. The quantitative estimate of drug-likeness (QED) is 0.784. The third kappa shape index (κ3) is 3.47. The molecule has 3 rings (SSSR count). The fraction of sp³-hybridized carbons (Fsp3) is 0.533. The molecule has 0 aromatic heterocycles. The van der Waals surface area contributed by atoms with Gasteiger partial charge in [-0.1, -0.05) is 0 Å². The topological polar surface area (TPSA) is 88.2 Å². The summed E-state index contributed by atoms with van der Waals surface area (Å²) in [6.07, 6.45) is 0. The number of sulfonamides is 1. The summed E-state index contributed by atoms with van der Waals surface area (Å²) in [7, 11) is -1.99. The number of amides is 1. The van der Waals surface area contributed by atoms with Crippen LogP contribution in [0.2, 0.25) is 0 Å². The molecule has 24 heavy (non-hydrogen) atoms. The first kappa shape index (κ1) is 17.0. The molecule has 1 N–H and O–H groups in total. The smallest absolute Gasteiger partial charge is 0.243 e. The molecular weight excluding hydrogens is 334 g/mol. The van der Waals surface area contributed by atoms with E-state index < -0.39 is 10.0 Å². The second-order valence-electron chi connectivity index (χ2n) is 5.66. The molecule has 1 aromatic carbocycles. The lowest BCUT2D eigenvalue weighted by atomic mass is 10.3. The van der Waals surface area contributed by atoms with E-state index >= 15 is 0 Å². The average Bonchev–Trinajstić information content (AvgIpc) is 2.61. The van der Waals surface area contributed by atoms with Crippen LogP contribution in [0, 0.1) is 0 Å². The van der Waals surface area contributed by atoms with Gasteiger partial charge in [0, 0.05) is 39.3 Å². The number of nitrogens with zero attached hydrogens (tertiary/aromatic N) is 2. The van der Waals surface area contributed by atoms with Gasteiger partial charge < -0.3 is 14.8 Å². The first-order valence-corrected chi connectivity index (χ1v) is 9.27. The third-order valence-electron chi connectivity index (χ3n) is 4.13. The summed E-state index contributed by atoms with van der Waals surface area (Å²) in [5, 5.41) is 2.57. The first-order chi connectivity index (χ1) is 11.5. The Morgan fingerprint density at radius 3 is 2.46 bits per heavy atom. The number of likely N-dealkylation sites (N-methyl/N-ethyl adjacent to an activating group) is 1. The van der Waals surface area contributed by atoms with Gasteiger partial charge in [0.05, 0.1) is 11.4 Å². The minimum absolute atomic E-state index is 0.0712. The Morgan fingerprint density at radius 2 is 1.79 bits per heavy atom. The highest BCUT2D eigenvalue weighted by atomic mass is 32.2. The summed E-state index contributed by atoms with van der Waals surface area (Å²) in [5.74, 6) is 0.953. The van der Waals surface area contributed by atoms with Crippen molar-refractivity contribution in [3.05, 3.63) is 18.2 Å². The van der Waals surface area contributed by atoms with Crippen molar-refractivity contribution in [1.82, 2.24) is 14.5 Å². The second kappa shape index (κ2) is 6.96. The molecule has 2 heterocycles. The summed E-state index contributed by atoms with van der Waals surface area (Å²) in [6, 6.07) is 4.68. The summed E-state index contributed by atoms with van der Waals surface area (Å²) in [4.78, 5) is 13.5. The predicted octanol–water partition coefficient (Wildman–Crippen LogP) is -0.490. The average molecular weight is 355 g/mol. The lowest BCUT2D eigenvalue weighted by molar-refractivity contribution is -0.122. The zero-order valence-corrected chi connectivity index (χ0v) is 14.3. The monoisotopic (exact) mass is 355 g/mol. The van der Waals surface area contributed by atoms with Crippen LogP contribution in [0.3, 0.4) is 0 Å². The summed E-state index contributed by atoms with van der Waals surface area (Å²) in [5.41, 5.74) is 0. The number of hydrogen-bond donors (Lipinski definition) is 1. The van der Waals surface area contributed by atoms with Crippen LogP contribution < -0.4 is 14.8 Å². The van der Waals surface area contributed by atoms with Crippen molar-refractivity contribution in [2.75, 3.05) is 53.0 Å². The van der Waals surface area contributed by atoms with Gasteiger partial charge in [-0.05, 0) is 12.1 Å². The molecule has 1 fully saturated rings. The first-order valence-electron chi connectivity index (χ1n) is 7.83. The Morgan fingerprint density at radius 1 is 1.12 bits per heavy atom. The van der Waals surface area contributed by atoms with Gasteiger partial charge in [0.25, 0.3) is 0 Å². The Labute approximate surface area is 141 Å². The molecule has 9 heteroatoms. The van der Waals surface area contributed by atoms with Crippen LogP contribution in [-0.4, -0.2) is 76.5 Å². The van der Waals surface area contributed by atoms with Gasteiger partial charge in [0.15, 0.2) is 11.5 Å².